The van der Waals surface area contributed by atoms with Gasteiger partial charge in [0.25, 0.3) is 11.4 Å². The van der Waals surface area contributed by atoms with Crippen molar-refractivity contribution in [3.05, 3.63) is 0 Å². The van der Waals surface area contributed by atoms with Gasteiger partial charge in [0.2, 0.25) is 0 Å². The van der Waals surface area contributed by atoms with Crippen molar-refractivity contribution in [3.63, 3.8) is 0 Å². The minimum atomic E-state index is -2.61. The Labute approximate surface area is 119 Å². The van der Waals surface area contributed by atoms with Crippen LogP contribution in [0.3, 0.4) is 0 Å². The fourth-order valence-corrected chi connectivity index (χ4v) is 0.946. The van der Waals surface area contributed by atoms with Gasteiger partial charge in [-0.25, -0.2) is 0 Å². The number of ketones is 1. The molecule has 0 radical (unpaired) electrons. The summed E-state index contributed by atoms with van der Waals surface area (Å²) in [5, 5.41) is 0. The van der Waals surface area contributed by atoms with Gasteiger partial charge in [0.15, 0.2) is 0 Å². The Kier molecular flexibility index (Phi) is 13.8. The number of Topliss-reactive ketones (excluding diaryl/α,β-unsaturated/α-hetero) is 1. The van der Waals surface area contributed by atoms with Crippen molar-refractivity contribution in [2.45, 2.75) is 32.1 Å². The van der Waals surface area contributed by atoms with Crippen LogP contribution in [0.1, 0.15) is 33.5 Å². The molecule has 0 aromatic carbocycles. The maximum absolute atomic E-state index is 10.5. The third-order valence-electron chi connectivity index (χ3n) is 1.41. The van der Waals surface area contributed by atoms with Crippen LogP contribution in [0.15, 0.2) is 0 Å². The molecule has 68 valence electrons. The van der Waals surface area contributed by atoms with Gasteiger partial charge in [0, 0.05) is 12.8 Å². The Balaban J connectivity index is -0.000000150. The Morgan fingerprint density at radius 2 is 1.50 bits per heavy atom. The molecule has 4 nitrogen and oxygen atoms in total. The van der Waals surface area contributed by atoms with Crippen LogP contribution in [0.4, 0.5) is 0 Å². The quantitative estimate of drug-likeness (QED) is 0.378. The summed E-state index contributed by atoms with van der Waals surface area (Å²) in [5.41, 5.74) is 0. The summed E-state index contributed by atoms with van der Waals surface area (Å²) in [7, 11) is 0. The van der Waals surface area contributed by atoms with Gasteiger partial charge in [-0.1, -0.05) is 6.42 Å². The van der Waals surface area contributed by atoms with E-state index in [0.717, 1.165) is 25.7 Å². The van der Waals surface area contributed by atoms with Crippen LogP contribution in [0, 0.1) is 0 Å². The van der Waals surface area contributed by atoms with Gasteiger partial charge in [0.1, 0.15) is 5.78 Å². The molecule has 0 aromatic heterocycles. The van der Waals surface area contributed by atoms with E-state index in [1.807, 2.05) is 0 Å². The molecule has 0 aromatic rings. The fourth-order valence-electron chi connectivity index (χ4n) is 0.946. The first kappa shape index (κ1) is 15.8. The molecule has 1 saturated carbocycles. The van der Waals surface area contributed by atoms with Gasteiger partial charge in [-0.3, -0.25) is 13.9 Å². The van der Waals surface area contributed by atoms with E-state index in [2.05, 4.69) is 0 Å². The average Bonchev–Trinajstić information content (AvgIpc) is 1.87. The van der Waals surface area contributed by atoms with Gasteiger partial charge in [-0.2, -0.15) is 4.21 Å². The molecule has 1 fully saturated rings. The van der Waals surface area contributed by atoms with E-state index in [9.17, 15) is 4.79 Å². The third-order valence-corrected chi connectivity index (χ3v) is 1.41. The Bertz CT molecular complexity index is 144. The summed E-state index contributed by atoms with van der Waals surface area (Å²) in [5.74, 6) is 0.464. The molecule has 0 aliphatic heterocycles. The Morgan fingerprint density at radius 1 is 1.17 bits per heavy atom. The molecule has 0 spiro atoms. The SMILES string of the molecule is O=C1CCCCC1.O=S(O)O.[H-].[K+]. The zero-order valence-corrected chi connectivity index (χ0v) is 11.1. The van der Waals surface area contributed by atoms with Crippen molar-refractivity contribution in [1.29, 1.82) is 0 Å². The van der Waals surface area contributed by atoms with E-state index in [-0.39, 0.29) is 52.8 Å². The van der Waals surface area contributed by atoms with Crippen molar-refractivity contribution in [1.82, 2.24) is 0 Å². The zero-order chi connectivity index (χ0) is 8.69. The van der Waals surface area contributed by atoms with Crippen molar-refractivity contribution in [3.8, 4) is 0 Å². The predicted octanol–water partition coefficient (Wildman–Crippen LogP) is -1.68. The standard InChI is InChI=1S/C6H10O.K.H2O3S.H/c7-6-4-2-1-3-5-6;;1-4(2)3;/h1-5H2;;(H2,1,2,3);/q;+1;;-1. The third kappa shape index (κ3) is 13.9. The minimum absolute atomic E-state index is 0. The van der Waals surface area contributed by atoms with Crippen molar-refractivity contribution in [2.24, 2.45) is 0 Å². The van der Waals surface area contributed by atoms with Crippen LogP contribution in [-0.2, 0) is 16.2 Å². The van der Waals surface area contributed by atoms with Gasteiger partial charge in [-0.15, -0.1) is 0 Å². The summed E-state index contributed by atoms with van der Waals surface area (Å²) < 4.78 is 22.8. The molecule has 12 heavy (non-hydrogen) atoms. The van der Waals surface area contributed by atoms with Crippen LogP contribution in [0.2, 0.25) is 0 Å². The van der Waals surface area contributed by atoms with Gasteiger partial charge < -0.3 is 1.43 Å². The number of carbonyl (C=O) groups is 1. The summed E-state index contributed by atoms with van der Waals surface area (Å²) in [4.78, 5) is 10.5. The molecule has 0 heterocycles. The molecule has 1 rings (SSSR count). The average molecular weight is 220 g/mol. The maximum atomic E-state index is 10.5. The molecule has 6 heteroatoms. The number of rotatable bonds is 0. The van der Waals surface area contributed by atoms with Crippen molar-refractivity contribution >= 4 is 17.1 Å². The minimum Gasteiger partial charge on any atom is -1.00 e. The molecule has 2 N–H and O–H groups in total. The van der Waals surface area contributed by atoms with E-state index >= 15 is 0 Å². The van der Waals surface area contributed by atoms with E-state index in [1.165, 1.54) is 6.42 Å². The van der Waals surface area contributed by atoms with E-state index in [1.54, 1.807) is 0 Å². The first-order chi connectivity index (χ1) is 5.13. The largest absolute Gasteiger partial charge is 1.00 e. The first-order valence-electron chi connectivity index (χ1n) is 3.44. The monoisotopic (exact) mass is 220 g/mol. The second kappa shape index (κ2) is 10.5. The molecule has 0 amide bonds. The van der Waals surface area contributed by atoms with Gasteiger partial charge >= 0.3 is 51.4 Å². The molecular formula is C6H13KO4S. The second-order valence-electron chi connectivity index (χ2n) is 2.33. The smallest absolute Gasteiger partial charge is 1.00 e. The molecule has 1 aliphatic carbocycles. The van der Waals surface area contributed by atoms with Gasteiger partial charge in [0.05, 0.1) is 0 Å². The number of hydrogen-bond donors (Lipinski definition) is 2. The van der Waals surface area contributed by atoms with E-state index in [0.29, 0.717) is 5.78 Å². The topological polar surface area (TPSA) is 74.6 Å². The normalized spacial score (nSPS) is 16.1. The van der Waals surface area contributed by atoms with Crippen molar-refractivity contribution < 1.29 is 70.9 Å². The molecular weight excluding hydrogens is 207 g/mol. The van der Waals surface area contributed by atoms with E-state index in [4.69, 9.17) is 13.3 Å². The summed E-state index contributed by atoms with van der Waals surface area (Å²) >= 11 is -2.61. The van der Waals surface area contributed by atoms with Crippen LogP contribution < -0.4 is 51.4 Å². The zero-order valence-electron chi connectivity index (χ0n) is 8.15. The molecule has 0 saturated heterocycles. The number of carbonyl (C=O) groups excluding carboxylic acids is 1. The maximum Gasteiger partial charge on any atom is 1.00 e. The van der Waals surface area contributed by atoms with E-state index < -0.39 is 11.4 Å². The number of hydrogen-bond acceptors (Lipinski definition) is 2. The molecule has 0 bridgehead atoms. The Hall–Kier alpha value is 1.38. The Morgan fingerprint density at radius 3 is 1.67 bits per heavy atom. The summed E-state index contributed by atoms with van der Waals surface area (Å²) in [6, 6.07) is 0. The summed E-state index contributed by atoms with van der Waals surface area (Å²) in [6.07, 6.45) is 5.24. The van der Waals surface area contributed by atoms with Gasteiger partial charge in [-0.05, 0) is 12.8 Å². The fraction of sp³-hybridized carbons (Fsp3) is 0.833. The second-order valence-corrected chi connectivity index (χ2v) is 2.79. The van der Waals surface area contributed by atoms with Crippen molar-refractivity contribution in [2.75, 3.05) is 0 Å². The summed E-state index contributed by atoms with van der Waals surface area (Å²) in [6.45, 7) is 0. The molecule has 1 aliphatic rings. The van der Waals surface area contributed by atoms with Crippen LogP contribution >= 0.6 is 0 Å². The van der Waals surface area contributed by atoms with Crippen LogP contribution in [0.25, 0.3) is 0 Å². The molecule has 0 unspecified atom stereocenters. The van der Waals surface area contributed by atoms with Crippen LogP contribution in [0.5, 0.6) is 0 Å². The molecule has 0 atom stereocenters. The van der Waals surface area contributed by atoms with Crippen LogP contribution in [-0.4, -0.2) is 19.1 Å². The first-order valence-corrected chi connectivity index (χ1v) is 4.51. The predicted molar refractivity (Wildman–Crippen MR) is 42.6 cm³/mol.